The van der Waals surface area contributed by atoms with Crippen LogP contribution in [0.3, 0.4) is 0 Å². The Kier molecular flexibility index (Phi) is 7.94. The second-order valence-electron chi connectivity index (χ2n) is 7.93. The topological polar surface area (TPSA) is 127 Å². The Bertz CT molecular complexity index is 1550. The minimum absolute atomic E-state index is 0.00330. The van der Waals surface area contributed by atoms with Gasteiger partial charge in [0.25, 0.3) is 5.91 Å². The van der Waals surface area contributed by atoms with E-state index in [9.17, 15) is 9.59 Å². The minimum Gasteiger partial charge on any atom is -0.453 e. The molecule has 37 heavy (non-hydrogen) atoms. The van der Waals surface area contributed by atoms with Gasteiger partial charge in [0.15, 0.2) is 11.6 Å². The van der Waals surface area contributed by atoms with Crippen LogP contribution in [0.5, 0.6) is 11.5 Å². The number of nitriles is 1. The zero-order valence-corrected chi connectivity index (χ0v) is 20.6. The highest BCUT2D eigenvalue weighted by molar-refractivity contribution is 6.32. The molecule has 1 heterocycles. The number of nitrogens with zero attached hydrogens (tertiary/aromatic N) is 1. The first-order chi connectivity index (χ1) is 17.8. The van der Waals surface area contributed by atoms with Crippen LogP contribution in [0.25, 0.3) is 10.9 Å². The van der Waals surface area contributed by atoms with Gasteiger partial charge < -0.3 is 25.5 Å². The Labute approximate surface area is 220 Å². The number of amides is 2. The Morgan fingerprint density at radius 3 is 2.68 bits per heavy atom. The van der Waals surface area contributed by atoms with E-state index in [1.165, 1.54) is 30.3 Å². The Morgan fingerprint density at radius 2 is 1.92 bits per heavy atom. The first kappa shape index (κ1) is 26.0. The molecule has 0 aliphatic heterocycles. The molecule has 1 aromatic heterocycles. The van der Waals surface area contributed by atoms with Crippen molar-refractivity contribution >= 4 is 51.6 Å². The molecule has 188 valence electrons. The van der Waals surface area contributed by atoms with Crippen LogP contribution < -0.4 is 15.4 Å². The summed E-state index contributed by atoms with van der Waals surface area (Å²) < 4.78 is 20.8. The summed E-state index contributed by atoms with van der Waals surface area (Å²) in [6.45, 7) is -0.416. The maximum atomic E-state index is 15.2. The number of benzene rings is 3. The van der Waals surface area contributed by atoms with Crippen molar-refractivity contribution in [2.24, 2.45) is 0 Å². The number of hydrogen-bond donors (Lipinski definition) is 4. The number of fused-ring (bicyclic) bond motifs is 1. The molecule has 0 saturated heterocycles. The van der Waals surface area contributed by atoms with Crippen LogP contribution in [0, 0.1) is 17.1 Å². The zero-order chi connectivity index (χ0) is 26.5. The maximum Gasteiger partial charge on any atom is 0.267 e. The number of aromatic nitrogens is 1. The van der Waals surface area contributed by atoms with Gasteiger partial charge in [0.05, 0.1) is 29.7 Å². The smallest absolute Gasteiger partial charge is 0.267 e. The Morgan fingerprint density at radius 1 is 1.11 bits per heavy atom. The van der Waals surface area contributed by atoms with E-state index < -0.39 is 11.7 Å². The van der Waals surface area contributed by atoms with Crippen molar-refractivity contribution < 1.29 is 23.8 Å². The van der Waals surface area contributed by atoms with Crippen molar-refractivity contribution in [3.63, 3.8) is 0 Å². The Hall–Kier alpha value is -4.10. The molecule has 0 radical (unpaired) electrons. The van der Waals surface area contributed by atoms with Gasteiger partial charge in [-0.15, -0.1) is 0 Å². The Balaban J connectivity index is 1.48. The van der Waals surface area contributed by atoms with Gasteiger partial charge in [-0.05, 0) is 42.5 Å². The fourth-order valence-corrected chi connectivity index (χ4v) is 3.94. The third-order valence-corrected chi connectivity index (χ3v) is 5.79. The molecule has 11 heteroatoms. The number of hydrogen-bond acceptors (Lipinski definition) is 5. The summed E-state index contributed by atoms with van der Waals surface area (Å²) in [6.07, 6.45) is -0.0234. The first-order valence-corrected chi connectivity index (χ1v) is 11.7. The number of carbonyl (C=O) groups is 2. The fraction of sp³-hybridized carbons (Fsp3) is 0.115. The van der Waals surface area contributed by atoms with Gasteiger partial charge in [0.1, 0.15) is 11.4 Å². The number of carbonyl (C=O) groups excluding carboxylic acids is 2. The van der Waals surface area contributed by atoms with Gasteiger partial charge in [0, 0.05) is 33.7 Å². The van der Waals surface area contributed by atoms with E-state index in [0.29, 0.717) is 11.2 Å². The molecule has 0 bridgehead atoms. The van der Waals surface area contributed by atoms with Crippen molar-refractivity contribution in [2.45, 2.75) is 13.0 Å². The second kappa shape index (κ2) is 11.3. The lowest BCUT2D eigenvalue weighted by Crippen LogP contribution is -2.23. The average molecular weight is 541 g/mol. The molecule has 0 aliphatic rings. The van der Waals surface area contributed by atoms with Crippen molar-refractivity contribution in [2.75, 3.05) is 11.9 Å². The summed E-state index contributed by atoms with van der Waals surface area (Å²) in [7, 11) is 0. The van der Waals surface area contributed by atoms with E-state index in [2.05, 4.69) is 15.6 Å². The van der Waals surface area contributed by atoms with E-state index in [-0.39, 0.29) is 63.8 Å². The first-order valence-electron chi connectivity index (χ1n) is 10.9. The molecule has 8 nitrogen and oxygen atoms in total. The number of nitrogens with one attached hydrogen (secondary N) is 3. The van der Waals surface area contributed by atoms with E-state index in [1.807, 2.05) is 6.07 Å². The van der Waals surface area contributed by atoms with Gasteiger partial charge in [0.2, 0.25) is 5.91 Å². The van der Waals surface area contributed by atoms with Crippen LogP contribution >= 0.6 is 23.2 Å². The van der Waals surface area contributed by atoms with E-state index in [1.54, 1.807) is 24.3 Å². The van der Waals surface area contributed by atoms with Gasteiger partial charge in [-0.3, -0.25) is 9.59 Å². The molecule has 4 aromatic rings. The molecule has 2 amide bonds. The number of aliphatic hydroxyl groups is 1. The van der Waals surface area contributed by atoms with E-state index in [4.69, 9.17) is 38.3 Å². The quantitative estimate of drug-likeness (QED) is 0.233. The summed E-state index contributed by atoms with van der Waals surface area (Å²) in [5, 5.41) is 24.2. The predicted octanol–water partition coefficient (Wildman–Crippen LogP) is 5.53. The molecule has 0 fully saturated rings. The van der Waals surface area contributed by atoms with Gasteiger partial charge in [-0.1, -0.05) is 35.3 Å². The second-order valence-corrected chi connectivity index (χ2v) is 8.77. The van der Waals surface area contributed by atoms with Crippen molar-refractivity contribution in [3.05, 3.63) is 87.3 Å². The van der Waals surface area contributed by atoms with Crippen molar-refractivity contribution in [1.29, 1.82) is 5.26 Å². The third kappa shape index (κ3) is 6.19. The molecular formula is C26H19Cl2FN4O4. The SMILES string of the molecule is N#Cc1cc(Cl)cc(Oc2c(Cl)ccc(CNC(=O)c3cc4ccc(NC(=O)CCO)cc4[nH]3)c2F)c1. The number of aliphatic hydroxyl groups excluding tert-OH is 1. The van der Waals surface area contributed by atoms with E-state index >= 15 is 4.39 Å². The van der Waals surface area contributed by atoms with Crippen LogP contribution in [0.2, 0.25) is 10.0 Å². The van der Waals surface area contributed by atoms with Crippen LogP contribution in [0.15, 0.2) is 54.6 Å². The molecule has 0 saturated carbocycles. The summed E-state index contributed by atoms with van der Waals surface area (Å²) >= 11 is 12.1. The monoisotopic (exact) mass is 540 g/mol. The lowest BCUT2D eigenvalue weighted by atomic mass is 10.2. The number of aromatic amines is 1. The van der Waals surface area contributed by atoms with E-state index in [0.717, 1.165) is 5.39 Å². The lowest BCUT2D eigenvalue weighted by Gasteiger charge is -2.13. The number of rotatable bonds is 8. The van der Waals surface area contributed by atoms with Gasteiger partial charge >= 0.3 is 0 Å². The number of ether oxygens (including phenoxy) is 1. The number of halogens is 3. The standard InChI is InChI=1S/C26H19Cl2FN4O4/c27-17-7-14(12-30)8-19(10-17)37-25-20(28)4-2-16(24(25)29)13-31-26(36)22-9-15-1-3-18(11-21(15)33-22)32-23(35)5-6-34/h1-4,7-11,33-34H,5-6,13H2,(H,31,36)(H,32,35). The van der Waals surface area contributed by atoms with Crippen molar-refractivity contribution in [3.8, 4) is 17.6 Å². The summed E-state index contributed by atoms with van der Waals surface area (Å²) in [4.78, 5) is 27.4. The molecular weight excluding hydrogens is 522 g/mol. The fourth-order valence-electron chi connectivity index (χ4n) is 3.53. The maximum absolute atomic E-state index is 15.2. The third-order valence-electron chi connectivity index (χ3n) is 5.28. The zero-order valence-electron chi connectivity index (χ0n) is 19.1. The summed E-state index contributed by atoms with van der Waals surface area (Å²) in [5.41, 5.74) is 1.72. The van der Waals surface area contributed by atoms with Crippen LogP contribution in [0.4, 0.5) is 10.1 Å². The highest BCUT2D eigenvalue weighted by Crippen LogP contribution is 2.35. The molecule has 0 spiro atoms. The molecule has 0 unspecified atom stereocenters. The number of H-pyrrole nitrogens is 1. The molecule has 3 aromatic carbocycles. The summed E-state index contributed by atoms with van der Waals surface area (Å²) in [6, 6.07) is 15.8. The largest absolute Gasteiger partial charge is 0.453 e. The van der Waals surface area contributed by atoms with Crippen LogP contribution in [0.1, 0.15) is 28.0 Å². The molecule has 4 N–H and O–H groups in total. The van der Waals surface area contributed by atoms with Gasteiger partial charge in [-0.25, -0.2) is 4.39 Å². The normalized spacial score (nSPS) is 10.7. The molecule has 4 rings (SSSR count). The highest BCUT2D eigenvalue weighted by Gasteiger charge is 2.17. The number of anilines is 1. The average Bonchev–Trinajstić information content (AvgIpc) is 3.29. The van der Waals surface area contributed by atoms with Crippen molar-refractivity contribution in [1.82, 2.24) is 10.3 Å². The van der Waals surface area contributed by atoms with Crippen LogP contribution in [-0.2, 0) is 11.3 Å². The molecule has 0 atom stereocenters. The minimum atomic E-state index is -0.772. The highest BCUT2D eigenvalue weighted by atomic mass is 35.5. The van der Waals surface area contributed by atoms with Gasteiger partial charge in [-0.2, -0.15) is 5.26 Å². The van der Waals surface area contributed by atoms with Crippen LogP contribution in [-0.4, -0.2) is 28.5 Å². The molecule has 0 aliphatic carbocycles. The summed E-state index contributed by atoms with van der Waals surface area (Å²) in [5.74, 6) is -1.71. The predicted molar refractivity (Wildman–Crippen MR) is 137 cm³/mol. The lowest BCUT2D eigenvalue weighted by molar-refractivity contribution is -0.116.